The number of anilines is 1. The van der Waals surface area contributed by atoms with Gasteiger partial charge in [0.15, 0.2) is 11.6 Å². The molecule has 2 aromatic carbocycles. The van der Waals surface area contributed by atoms with Gasteiger partial charge in [-0.15, -0.1) is 0 Å². The van der Waals surface area contributed by atoms with Crippen LogP contribution in [0.15, 0.2) is 41.3 Å². The molecule has 27 heavy (non-hydrogen) atoms. The fourth-order valence-corrected chi connectivity index (χ4v) is 4.28. The first kappa shape index (κ1) is 19.4. The molecule has 1 aliphatic carbocycles. The lowest BCUT2D eigenvalue weighted by Crippen LogP contribution is -2.32. The van der Waals surface area contributed by atoms with Gasteiger partial charge in [-0.05, 0) is 43.2 Å². The van der Waals surface area contributed by atoms with E-state index in [1.807, 2.05) is 0 Å². The van der Waals surface area contributed by atoms with Crippen molar-refractivity contribution in [2.75, 3.05) is 5.32 Å². The fraction of sp³-hybridized carbons (Fsp3) is 0.278. The van der Waals surface area contributed by atoms with E-state index in [0.717, 1.165) is 62.1 Å². The summed E-state index contributed by atoms with van der Waals surface area (Å²) in [7, 11) is -3.91. The third-order valence-corrected chi connectivity index (χ3v) is 5.87. The maximum Gasteiger partial charge on any atom is 0.258 e. The summed E-state index contributed by atoms with van der Waals surface area (Å²) in [5, 5.41) is 2.22. The number of benzene rings is 2. The van der Waals surface area contributed by atoms with Gasteiger partial charge in [0.2, 0.25) is 10.0 Å². The monoisotopic (exact) mass is 398 g/mol. The molecule has 0 bridgehead atoms. The molecule has 1 fully saturated rings. The number of hydrogen-bond donors (Lipinski definition) is 2. The van der Waals surface area contributed by atoms with Crippen molar-refractivity contribution in [3.05, 3.63) is 59.4 Å². The van der Waals surface area contributed by atoms with Gasteiger partial charge >= 0.3 is 0 Å². The molecule has 144 valence electrons. The van der Waals surface area contributed by atoms with Gasteiger partial charge in [0.25, 0.3) is 5.91 Å². The Balaban J connectivity index is 1.83. The first-order chi connectivity index (χ1) is 12.8. The van der Waals surface area contributed by atoms with Crippen molar-refractivity contribution in [2.24, 2.45) is 0 Å². The molecule has 0 unspecified atom stereocenters. The van der Waals surface area contributed by atoms with Gasteiger partial charge in [-0.3, -0.25) is 4.79 Å². The number of nitrogens with one attached hydrogen (secondary N) is 2. The first-order valence-corrected chi connectivity index (χ1v) is 9.83. The van der Waals surface area contributed by atoms with Gasteiger partial charge in [-0.2, -0.15) is 0 Å². The standard InChI is InChI=1S/C18H17F3N2O3S/c19-15-8-6-13(27(25,26)23-11-3-1-2-4-11)10-14(15)18(24)22-12-5-7-16(20)17(21)9-12/h5-11,23H,1-4H2,(H,22,24). The van der Waals surface area contributed by atoms with E-state index in [1.54, 1.807) is 0 Å². The lowest BCUT2D eigenvalue weighted by atomic mass is 10.2. The Morgan fingerprint density at radius 3 is 2.26 bits per heavy atom. The Morgan fingerprint density at radius 2 is 1.59 bits per heavy atom. The molecule has 0 saturated heterocycles. The van der Waals surface area contributed by atoms with E-state index in [0.29, 0.717) is 0 Å². The van der Waals surface area contributed by atoms with Crippen LogP contribution in [0.1, 0.15) is 36.0 Å². The summed E-state index contributed by atoms with van der Waals surface area (Å²) in [6.07, 6.45) is 3.31. The largest absolute Gasteiger partial charge is 0.322 e. The van der Waals surface area contributed by atoms with Crippen molar-refractivity contribution in [3.63, 3.8) is 0 Å². The number of rotatable bonds is 5. The van der Waals surface area contributed by atoms with Gasteiger partial charge in [0.05, 0.1) is 10.5 Å². The second-order valence-corrected chi connectivity index (χ2v) is 8.04. The molecule has 0 radical (unpaired) electrons. The summed E-state index contributed by atoms with van der Waals surface area (Å²) in [6.45, 7) is 0. The minimum absolute atomic E-state index is 0.0874. The molecule has 9 heteroatoms. The number of carbonyl (C=O) groups excluding carboxylic acids is 1. The van der Waals surface area contributed by atoms with Gasteiger partial charge < -0.3 is 5.32 Å². The summed E-state index contributed by atoms with van der Waals surface area (Å²) in [5.41, 5.74) is -0.607. The molecule has 0 aliphatic heterocycles. The molecule has 5 nitrogen and oxygen atoms in total. The summed E-state index contributed by atoms with van der Waals surface area (Å²) in [5.74, 6) is -4.18. The quantitative estimate of drug-likeness (QED) is 0.809. The van der Waals surface area contributed by atoms with Gasteiger partial charge in [-0.1, -0.05) is 12.8 Å². The van der Waals surface area contributed by atoms with Crippen molar-refractivity contribution >= 4 is 21.6 Å². The van der Waals surface area contributed by atoms with Crippen molar-refractivity contribution in [3.8, 4) is 0 Å². The second kappa shape index (κ2) is 7.69. The molecule has 0 aromatic heterocycles. The Bertz CT molecular complexity index is 974. The topological polar surface area (TPSA) is 75.3 Å². The molecule has 2 N–H and O–H groups in total. The van der Waals surface area contributed by atoms with E-state index in [1.165, 1.54) is 0 Å². The molecule has 0 spiro atoms. The summed E-state index contributed by atoms with van der Waals surface area (Å²) in [6, 6.07) is 5.35. The van der Waals surface area contributed by atoms with Gasteiger partial charge in [0.1, 0.15) is 5.82 Å². The number of amides is 1. The molecule has 1 aliphatic rings. The summed E-state index contributed by atoms with van der Waals surface area (Å²) >= 11 is 0. The van der Waals surface area contributed by atoms with Crippen LogP contribution in [0.25, 0.3) is 0 Å². The van der Waals surface area contributed by atoms with Crippen LogP contribution in [0.3, 0.4) is 0 Å². The highest BCUT2D eigenvalue weighted by atomic mass is 32.2. The van der Waals surface area contributed by atoms with Gasteiger partial charge in [-0.25, -0.2) is 26.3 Å². The first-order valence-electron chi connectivity index (χ1n) is 8.34. The smallest absolute Gasteiger partial charge is 0.258 e. The normalized spacial score (nSPS) is 15.1. The Kier molecular flexibility index (Phi) is 5.52. The highest BCUT2D eigenvalue weighted by Crippen LogP contribution is 2.22. The van der Waals surface area contributed by atoms with Crippen LogP contribution in [0.2, 0.25) is 0 Å². The van der Waals surface area contributed by atoms with Crippen molar-refractivity contribution in [1.82, 2.24) is 4.72 Å². The zero-order valence-corrected chi connectivity index (χ0v) is 15.0. The maximum absolute atomic E-state index is 14.0. The third-order valence-electron chi connectivity index (χ3n) is 4.35. The summed E-state index contributed by atoms with van der Waals surface area (Å²) in [4.78, 5) is 12.0. The van der Waals surface area contributed by atoms with E-state index in [9.17, 15) is 26.4 Å². The average molecular weight is 398 g/mol. The van der Waals surface area contributed by atoms with E-state index < -0.39 is 38.9 Å². The molecule has 2 aromatic rings. The molecule has 0 heterocycles. The molecule has 1 amide bonds. The lowest BCUT2D eigenvalue weighted by molar-refractivity contribution is 0.102. The SMILES string of the molecule is O=C(Nc1ccc(F)c(F)c1)c1cc(S(=O)(=O)NC2CCCC2)ccc1F. The van der Waals surface area contributed by atoms with Crippen LogP contribution in [0.5, 0.6) is 0 Å². The van der Waals surface area contributed by atoms with E-state index >= 15 is 0 Å². The lowest BCUT2D eigenvalue weighted by Gasteiger charge is -2.13. The van der Waals surface area contributed by atoms with Gasteiger partial charge in [0, 0.05) is 17.8 Å². The fourth-order valence-electron chi connectivity index (χ4n) is 2.95. The van der Waals surface area contributed by atoms with Crippen LogP contribution in [-0.2, 0) is 10.0 Å². The Hall–Kier alpha value is -2.39. The predicted molar refractivity (Wildman–Crippen MR) is 93.3 cm³/mol. The number of carbonyl (C=O) groups is 1. The number of sulfonamides is 1. The van der Waals surface area contributed by atoms with Crippen molar-refractivity contribution in [1.29, 1.82) is 0 Å². The van der Waals surface area contributed by atoms with Crippen LogP contribution in [0, 0.1) is 17.5 Å². The molecule has 0 atom stereocenters. The van der Waals surface area contributed by atoms with Crippen LogP contribution < -0.4 is 10.0 Å². The summed E-state index contributed by atoms with van der Waals surface area (Å²) < 4.78 is 67.7. The Morgan fingerprint density at radius 1 is 0.926 bits per heavy atom. The van der Waals surface area contributed by atoms with Crippen LogP contribution in [-0.4, -0.2) is 20.4 Å². The van der Waals surface area contributed by atoms with E-state index in [2.05, 4.69) is 10.0 Å². The average Bonchev–Trinajstić information content (AvgIpc) is 3.10. The molecule has 1 saturated carbocycles. The van der Waals surface area contributed by atoms with E-state index in [-0.39, 0.29) is 16.6 Å². The van der Waals surface area contributed by atoms with Crippen molar-refractivity contribution < 1.29 is 26.4 Å². The second-order valence-electron chi connectivity index (χ2n) is 6.33. The van der Waals surface area contributed by atoms with Crippen molar-refractivity contribution in [2.45, 2.75) is 36.6 Å². The number of halogens is 3. The maximum atomic E-state index is 14.0. The zero-order chi connectivity index (χ0) is 19.6. The van der Waals surface area contributed by atoms with E-state index in [4.69, 9.17) is 0 Å². The zero-order valence-electron chi connectivity index (χ0n) is 14.1. The van der Waals surface area contributed by atoms with Crippen LogP contribution in [0.4, 0.5) is 18.9 Å². The van der Waals surface area contributed by atoms with Crippen LogP contribution >= 0.6 is 0 Å². The highest BCUT2D eigenvalue weighted by molar-refractivity contribution is 7.89. The Labute approximate surface area is 154 Å². The molecular formula is C18H17F3N2O3S. The predicted octanol–water partition coefficient (Wildman–Crippen LogP) is 3.58. The third kappa shape index (κ3) is 4.48. The number of hydrogen-bond acceptors (Lipinski definition) is 3. The minimum atomic E-state index is -3.91. The molecular weight excluding hydrogens is 381 g/mol. The minimum Gasteiger partial charge on any atom is -0.322 e. The highest BCUT2D eigenvalue weighted by Gasteiger charge is 2.24. The molecule has 3 rings (SSSR count).